The fourth-order valence-electron chi connectivity index (χ4n) is 3.48. The van der Waals surface area contributed by atoms with Crippen LogP contribution >= 0.6 is 15.9 Å². The van der Waals surface area contributed by atoms with Crippen LogP contribution in [0.15, 0.2) is 28.7 Å². The number of rotatable bonds is 3. The highest BCUT2D eigenvalue weighted by molar-refractivity contribution is 9.10. The third-order valence-electron chi connectivity index (χ3n) is 5.20. The van der Waals surface area contributed by atoms with Crippen LogP contribution in [0.3, 0.4) is 0 Å². The highest BCUT2D eigenvalue weighted by Crippen LogP contribution is 2.37. The third kappa shape index (κ3) is 3.42. The predicted octanol–water partition coefficient (Wildman–Crippen LogP) is 3.28. The van der Waals surface area contributed by atoms with Gasteiger partial charge in [-0.2, -0.15) is 0 Å². The van der Waals surface area contributed by atoms with Crippen LogP contribution in [0.5, 0.6) is 0 Å². The Morgan fingerprint density at radius 3 is 2.48 bits per heavy atom. The van der Waals surface area contributed by atoms with Gasteiger partial charge in [-0.05, 0) is 62.8 Å². The Morgan fingerprint density at radius 1 is 1.28 bits per heavy atom. The van der Waals surface area contributed by atoms with Crippen molar-refractivity contribution in [2.24, 2.45) is 5.92 Å². The van der Waals surface area contributed by atoms with E-state index in [2.05, 4.69) is 33.5 Å². The second-order valence-electron chi connectivity index (χ2n) is 7.04. The van der Waals surface area contributed by atoms with E-state index in [9.17, 15) is 14.4 Å². The van der Waals surface area contributed by atoms with Crippen molar-refractivity contribution >= 4 is 39.5 Å². The largest absolute Gasteiger partial charge is 0.325 e. The monoisotopic (exact) mass is 407 g/mol. The molecule has 25 heavy (non-hydrogen) atoms. The number of imide groups is 1. The molecule has 0 unspecified atom stereocenters. The van der Waals surface area contributed by atoms with Gasteiger partial charge in [0.25, 0.3) is 5.91 Å². The maximum atomic E-state index is 12.9. The van der Waals surface area contributed by atoms with Crippen LogP contribution in [-0.4, -0.2) is 34.3 Å². The molecule has 1 atom stereocenters. The summed E-state index contributed by atoms with van der Waals surface area (Å²) < 4.78 is 0.904. The molecular weight excluding hydrogens is 386 g/mol. The Balaban J connectivity index is 1.72. The minimum atomic E-state index is -0.866. The number of carbonyl (C=O) groups is 3. The topological polar surface area (TPSA) is 78.5 Å². The molecule has 0 aromatic heterocycles. The van der Waals surface area contributed by atoms with Gasteiger partial charge < -0.3 is 10.6 Å². The standard InChI is InChI=1S/C18H22BrN3O3/c1-11-7-9-18(10-8-11)16(24)22(17(25)21-18)12(2)15(23)20-14-5-3-13(19)4-6-14/h3-6,11-12H,7-10H2,1-2H3,(H,20,23)(H,21,25)/t11?,12-,18?/m0/s1. The fraction of sp³-hybridized carbons (Fsp3) is 0.500. The summed E-state index contributed by atoms with van der Waals surface area (Å²) in [5, 5.41) is 5.60. The summed E-state index contributed by atoms with van der Waals surface area (Å²) in [5.41, 5.74) is -0.205. The van der Waals surface area contributed by atoms with Gasteiger partial charge in [0, 0.05) is 10.2 Å². The summed E-state index contributed by atoms with van der Waals surface area (Å²) in [6.07, 6.45) is 3.07. The maximum absolute atomic E-state index is 12.9. The number of halogens is 1. The molecular formula is C18H22BrN3O3. The number of nitrogens with zero attached hydrogens (tertiary/aromatic N) is 1. The first-order valence-electron chi connectivity index (χ1n) is 8.55. The lowest BCUT2D eigenvalue weighted by Gasteiger charge is -2.34. The Labute approximate surface area is 155 Å². The number of anilines is 1. The van der Waals surface area contributed by atoms with E-state index in [1.54, 1.807) is 19.1 Å². The van der Waals surface area contributed by atoms with E-state index in [1.807, 2.05) is 12.1 Å². The third-order valence-corrected chi connectivity index (χ3v) is 5.73. The molecule has 1 saturated carbocycles. The highest BCUT2D eigenvalue weighted by atomic mass is 79.9. The molecule has 1 aliphatic heterocycles. The van der Waals surface area contributed by atoms with Gasteiger partial charge in [-0.25, -0.2) is 9.69 Å². The van der Waals surface area contributed by atoms with Crippen LogP contribution in [-0.2, 0) is 9.59 Å². The van der Waals surface area contributed by atoms with Gasteiger partial charge >= 0.3 is 6.03 Å². The Hall–Kier alpha value is -1.89. The van der Waals surface area contributed by atoms with Gasteiger partial charge in [-0.3, -0.25) is 9.59 Å². The lowest BCUT2D eigenvalue weighted by Crippen LogP contribution is -2.51. The molecule has 1 aromatic carbocycles. The van der Waals surface area contributed by atoms with Gasteiger partial charge in [0.2, 0.25) is 5.91 Å². The van der Waals surface area contributed by atoms with Crippen LogP contribution in [0.2, 0.25) is 0 Å². The van der Waals surface area contributed by atoms with E-state index in [4.69, 9.17) is 0 Å². The van der Waals surface area contributed by atoms with Crippen molar-refractivity contribution in [2.75, 3.05) is 5.32 Å². The van der Waals surface area contributed by atoms with Crippen molar-refractivity contribution in [2.45, 2.75) is 51.1 Å². The minimum absolute atomic E-state index is 0.275. The van der Waals surface area contributed by atoms with Gasteiger partial charge in [-0.15, -0.1) is 0 Å². The van der Waals surface area contributed by atoms with Gasteiger partial charge in [0.05, 0.1) is 0 Å². The number of nitrogens with one attached hydrogen (secondary N) is 2. The lowest BCUT2D eigenvalue weighted by molar-refractivity contribution is -0.137. The number of benzene rings is 1. The normalized spacial score (nSPS) is 27.3. The van der Waals surface area contributed by atoms with E-state index in [-0.39, 0.29) is 11.8 Å². The number of hydrogen-bond donors (Lipinski definition) is 2. The van der Waals surface area contributed by atoms with Crippen molar-refractivity contribution in [3.05, 3.63) is 28.7 Å². The lowest BCUT2D eigenvalue weighted by atomic mass is 9.77. The molecule has 0 radical (unpaired) electrons. The average Bonchev–Trinajstić information content (AvgIpc) is 2.82. The van der Waals surface area contributed by atoms with E-state index < -0.39 is 17.6 Å². The molecule has 134 valence electrons. The number of hydrogen-bond acceptors (Lipinski definition) is 3. The van der Waals surface area contributed by atoms with Crippen LogP contribution in [0.1, 0.15) is 39.5 Å². The van der Waals surface area contributed by atoms with Crippen molar-refractivity contribution in [3.8, 4) is 0 Å². The Bertz CT molecular complexity index is 696. The molecule has 1 spiro atoms. The van der Waals surface area contributed by atoms with E-state index in [0.29, 0.717) is 24.4 Å². The number of urea groups is 1. The summed E-state index contributed by atoms with van der Waals surface area (Å²) in [7, 11) is 0. The van der Waals surface area contributed by atoms with Crippen LogP contribution in [0.4, 0.5) is 10.5 Å². The van der Waals surface area contributed by atoms with Crippen LogP contribution in [0.25, 0.3) is 0 Å². The first kappa shape index (κ1) is 17.9. The zero-order valence-electron chi connectivity index (χ0n) is 14.3. The molecule has 2 fully saturated rings. The van der Waals surface area contributed by atoms with Gasteiger partial charge in [-0.1, -0.05) is 22.9 Å². The molecule has 6 nitrogen and oxygen atoms in total. The SMILES string of the molecule is CC1CCC2(CC1)NC(=O)N([C@@H](C)C(=O)Nc1ccc(Br)cc1)C2=O. The second kappa shape index (κ2) is 6.78. The summed E-state index contributed by atoms with van der Waals surface area (Å²) >= 11 is 3.34. The molecule has 1 aliphatic carbocycles. The Kier molecular flexibility index (Phi) is 4.86. The van der Waals surface area contributed by atoms with Crippen molar-refractivity contribution < 1.29 is 14.4 Å². The van der Waals surface area contributed by atoms with Crippen molar-refractivity contribution in [1.29, 1.82) is 0 Å². The van der Waals surface area contributed by atoms with Crippen LogP contribution in [0, 0.1) is 5.92 Å². The smallest absolute Gasteiger partial charge is 0.324 e. The Morgan fingerprint density at radius 2 is 1.88 bits per heavy atom. The quantitative estimate of drug-likeness (QED) is 0.754. The van der Waals surface area contributed by atoms with Crippen molar-refractivity contribution in [3.63, 3.8) is 0 Å². The van der Waals surface area contributed by atoms with Gasteiger partial charge in [0.1, 0.15) is 11.6 Å². The molecule has 2 N–H and O–H groups in total. The zero-order chi connectivity index (χ0) is 18.2. The number of amides is 4. The van der Waals surface area contributed by atoms with E-state index >= 15 is 0 Å². The van der Waals surface area contributed by atoms with E-state index in [1.165, 1.54) is 0 Å². The number of carbonyl (C=O) groups excluding carboxylic acids is 3. The molecule has 1 saturated heterocycles. The average molecular weight is 408 g/mol. The first-order valence-corrected chi connectivity index (χ1v) is 9.34. The minimum Gasteiger partial charge on any atom is -0.324 e. The molecule has 2 aliphatic rings. The molecule has 1 heterocycles. The summed E-state index contributed by atoms with van der Waals surface area (Å²) in [4.78, 5) is 38.9. The second-order valence-corrected chi connectivity index (χ2v) is 7.96. The molecule has 3 rings (SSSR count). The van der Waals surface area contributed by atoms with E-state index in [0.717, 1.165) is 22.2 Å². The highest BCUT2D eigenvalue weighted by Gasteiger charge is 2.54. The van der Waals surface area contributed by atoms with Crippen LogP contribution < -0.4 is 10.6 Å². The van der Waals surface area contributed by atoms with Gasteiger partial charge in [0.15, 0.2) is 0 Å². The summed E-state index contributed by atoms with van der Waals surface area (Å²) in [6, 6.07) is 5.79. The molecule has 4 amide bonds. The fourth-order valence-corrected chi connectivity index (χ4v) is 3.75. The molecule has 1 aromatic rings. The molecule has 7 heteroatoms. The maximum Gasteiger partial charge on any atom is 0.325 e. The first-order chi connectivity index (χ1) is 11.8. The summed E-state index contributed by atoms with van der Waals surface area (Å²) in [6.45, 7) is 3.73. The predicted molar refractivity (Wildman–Crippen MR) is 98.0 cm³/mol. The van der Waals surface area contributed by atoms with Crippen molar-refractivity contribution in [1.82, 2.24) is 10.2 Å². The molecule has 0 bridgehead atoms. The zero-order valence-corrected chi connectivity index (χ0v) is 15.9. The summed E-state index contributed by atoms with van der Waals surface area (Å²) in [5.74, 6) is -0.0996.